The quantitative estimate of drug-likeness (QED) is 0.0615. The number of benzene rings is 2. The number of fused-ring (bicyclic) bond motifs is 5. The maximum atomic E-state index is 13.5. The van der Waals surface area contributed by atoms with Crippen molar-refractivity contribution in [2.24, 2.45) is 0 Å². The summed E-state index contributed by atoms with van der Waals surface area (Å²) in [6, 6.07) is 9.76. The molecule has 2 unspecified atom stereocenters. The molecule has 0 saturated carbocycles. The maximum Gasteiger partial charge on any atom is 0.333 e. The van der Waals surface area contributed by atoms with Gasteiger partial charge in [0.2, 0.25) is 35.2 Å². The lowest BCUT2D eigenvalue weighted by molar-refractivity contribution is -0.438. The van der Waals surface area contributed by atoms with E-state index in [4.69, 9.17) is 4.84 Å². The molecule has 6 rings (SSSR count). The van der Waals surface area contributed by atoms with E-state index in [1.807, 2.05) is 48.5 Å². The Hall–Kier alpha value is -6.12. The minimum Gasteiger partial charge on any atom is -0.492 e. The fraction of sp³-hybridized carbons (Fsp3) is 0.500. The number of nitrogens with zero attached hydrogens (tertiary/aromatic N) is 3. The number of anilines is 1. The largest absolute Gasteiger partial charge is 0.492 e. The lowest BCUT2D eigenvalue weighted by Gasteiger charge is -2.30. The summed E-state index contributed by atoms with van der Waals surface area (Å²) in [5, 5.41) is 27.7. The molecule has 1 aromatic heterocycles. The molecule has 3 aliphatic rings. The number of carbonyl (C=O) groups excluding carboxylic acids is 4. The van der Waals surface area contributed by atoms with Gasteiger partial charge in [0.1, 0.15) is 12.6 Å². The van der Waals surface area contributed by atoms with Gasteiger partial charge in [-0.1, -0.05) is 25.3 Å². The average molecular weight is 1100 g/mol. The third kappa shape index (κ3) is 14.8. The fourth-order valence-corrected chi connectivity index (χ4v) is 11.4. The van der Waals surface area contributed by atoms with Gasteiger partial charge in [0.15, 0.2) is 5.71 Å². The van der Waals surface area contributed by atoms with E-state index in [0.717, 1.165) is 17.8 Å². The Kier molecular flexibility index (Phi) is 18.8. The predicted molar refractivity (Wildman–Crippen MR) is 276 cm³/mol. The summed E-state index contributed by atoms with van der Waals surface area (Å²) in [5.41, 5.74) is 2.04. The molecule has 3 amide bonds. The van der Waals surface area contributed by atoms with Gasteiger partial charge in [-0.2, -0.15) is 29.8 Å². The first-order valence-corrected chi connectivity index (χ1v) is 29.3. The number of unbranched alkanes of at least 4 members (excludes halogenated alkanes) is 2. The summed E-state index contributed by atoms with van der Waals surface area (Å²) in [7, 11) is -13.6. The zero-order chi connectivity index (χ0) is 54.9. The SMILES string of the molecule is CC1(C)C2=[N+](CCCCCC(=O)NCC(C(=O)NCCCCCC(=O)On3c(O)ccc3O)NC(=O)CCCCCC3(C)C(=CC=C2)N(CCCS(=O)(=O)O)c2ccc(S(=O)(=O)O)cc23)c2ccc(S(=O)(=O)O)cc21. The number of hydrogen-bond acceptors (Lipinski definition) is 14. The molecule has 22 nitrogen and oxygen atoms in total. The van der Waals surface area contributed by atoms with Crippen LogP contribution in [0.1, 0.15) is 122 Å². The molecular weight excluding hydrogens is 1040 g/mol. The first-order valence-electron chi connectivity index (χ1n) is 24.9. The van der Waals surface area contributed by atoms with Crippen molar-refractivity contribution in [1.82, 2.24) is 20.7 Å². The highest BCUT2D eigenvalue weighted by atomic mass is 32.2. The van der Waals surface area contributed by atoms with Crippen LogP contribution in [0.15, 0.2) is 82.2 Å². The molecule has 4 heterocycles. The van der Waals surface area contributed by atoms with E-state index in [-0.39, 0.29) is 61.0 Å². The molecule has 0 radical (unpaired) electrons. The van der Waals surface area contributed by atoms with E-state index in [1.54, 1.807) is 6.07 Å². The summed E-state index contributed by atoms with van der Waals surface area (Å²) >= 11 is 0. The van der Waals surface area contributed by atoms with Crippen LogP contribution < -0.4 is 25.7 Å². The van der Waals surface area contributed by atoms with E-state index >= 15 is 0 Å². The molecular formula is C50H67N6O16S3+. The van der Waals surface area contributed by atoms with Gasteiger partial charge in [-0.05, 0) is 108 Å². The first kappa shape index (κ1) is 58.1. The Labute approximate surface area is 437 Å². The number of allylic oxidation sites excluding steroid dienone is 4. The predicted octanol–water partition coefficient (Wildman–Crippen LogP) is 4.72. The van der Waals surface area contributed by atoms with Crippen molar-refractivity contribution in [3.8, 4) is 11.8 Å². The highest BCUT2D eigenvalue weighted by Crippen LogP contribution is 2.52. The number of amides is 3. The Morgan fingerprint density at radius 3 is 2.09 bits per heavy atom. The van der Waals surface area contributed by atoms with Crippen molar-refractivity contribution in [2.75, 3.05) is 36.8 Å². The molecule has 0 spiro atoms. The molecule has 0 saturated heterocycles. The number of aromatic nitrogens is 1. The Balaban J connectivity index is 1.26. The summed E-state index contributed by atoms with van der Waals surface area (Å²) in [5.74, 6) is -3.46. The summed E-state index contributed by atoms with van der Waals surface area (Å²) in [4.78, 5) is 58.5. The molecule has 0 bridgehead atoms. The van der Waals surface area contributed by atoms with E-state index in [9.17, 15) is 68.3 Å². The number of hydrogen-bond donors (Lipinski definition) is 8. The fourth-order valence-electron chi connectivity index (χ4n) is 9.89. The molecule has 2 aromatic carbocycles. The highest BCUT2D eigenvalue weighted by molar-refractivity contribution is 7.86. The van der Waals surface area contributed by atoms with Gasteiger partial charge in [-0.3, -0.25) is 28.0 Å². The molecule has 8 N–H and O–H groups in total. The van der Waals surface area contributed by atoms with Crippen molar-refractivity contribution in [3.63, 3.8) is 0 Å². The minimum atomic E-state index is -4.67. The lowest BCUT2D eigenvalue weighted by atomic mass is 9.77. The van der Waals surface area contributed by atoms with Crippen molar-refractivity contribution < 1.29 is 77.7 Å². The molecule has 2 atom stereocenters. The Morgan fingerprint density at radius 1 is 0.787 bits per heavy atom. The van der Waals surface area contributed by atoms with Crippen LogP contribution in [0.5, 0.6) is 11.8 Å². The normalized spacial score (nSPS) is 20.2. The number of nitrogens with one attached hydrogen (secondary N) is 3. The van der Waals surface area contributed by atoms with Crippen LogP contribution in [0, 0.1) is 0 Å². The van der Waals surface area contributed by atoms with Crippen molar-refractivity contribution in [1.29, 1.82) is 0 Å². The molecule has 75 heavy (non-hydrogen) atoms. The lowest BCUT2D eigenvalue weighted by Crippen LogP contribution is -2.52. The standard InChI is InChI=1S/C50H66N6O16S3/c1-49(2)36-31-34(74(66,67)68)20-22-39(36)54-28-12-6-8-17-43(57)52-33-38(48(62)51-27-11-5-9-19-47(61)72-56-45(59)24-25-46(56)60)53-44(58)18-7-4-10-26-50(3)37-32-35(75(69,70)71)21-23-40(37)55(29-14-30-73(63,64)65)42(50)16-13-15-41(49)54/h13,15-16,20-25,31-32,38H,4-12,14,17-19,26-30,33H2,1-3H3,(H7-,51,52,53,57,58,59,60,62,63,64,65,66,67,68,69,70,71)/p+1. The van der Waals surface area contributed by atoms with Gasteiger partial charge >= 0.3 is 5.97 Å². The zero-order valence-corrected chi connectivity index (χ0v) is 44.6. The van der Waals surface area contributed by atoms with E-state index in [0.29, 0.717) is 104 Å². The second kappa shape index (κ2) is 24.3. The summed E-state index contributed by atoms with van der Waals surface area (Å²) in [6.45, 7) is 6.24. The molecule has 3 aliphatic heterocycles. The number of carbonyl (C=O) groups is 4. The second-order valence-corrected chi connectivity index (χ2v) is 24.1. The van der Waals surface area contributed by atoms with Gasteiger partial charge in [0.25, 0.3) is 30.4 Å². The molecule has 0 aliphatic carbocycles. The van der Waals surface area contributed by atoms with Crippen LogP contribution in [-0.4, -0.2) is 126 Å². The van der Waals surface area contributed by atoms with E-state index in [2.05, 4.69) is 16.0 Å². The summed E-state index contributed by atoms with van der Waals surface area (Å²) in [6.07, 6.45) is 10.3. The maximum absolute atomic E-state index is 13.5. The van der Waals surface area contributed by atoms with Gasteiger partial charge in [0.05, 0.1) is 21.0 Å². The van der Waals surface area contributed by atoms with Crippen LogP contribution >= 0.6 is 0 Å². The van der Waals surface area contributed by atoms with Gasteiger partial charge < -0.3 is 35.9 Å². The van der Waals surface area contributed by atoms with Crippen LogP contribution in [0.25, 0.3) is 0 Å². The van der Waals surface area contributed by atoms with Crippen LogP contribution in [0.2, 0.25) is 0 Å². The van der Waals surface area contributed by atoms with E-state index in [1.165, 1.54) is 30.3 Å². The van der Waals surface area contributed by atoms with Crippen LogP contribution in [0.3, 0.4) is 0 Å². The molecule has 25 heteroatoms. The second-order valence-electron chi connectivity index (χ2n) is 19.7. The van der Waals surface area contributed by atoms with Gasteiger partial charge in [-0.15, -0.1) is 4.73 Å². The first-order chi connectivity index (χ1) is 35.2. The van der Waals surface area contributed by atoms with Gasteiger partial charge in [-0.25, -0.2) is 4.79 Å². The number of rotatable bonds is 14. The molecule has 3 aromatic rings. The van der Waals surface area contributed by atoms with E-state index < -0.39 is 82.5 Å². The van der Waals surface area contributed by atoms with Crippen molar-refractivity contribution in [2.45, 2.75) is 137 Å². The summed E-state index contributed by atoms with van der Waals surface area (Å²) < 4.78 is 106. The molecule has 0 fully saturated rings. The zero-order valence-electron chi connectivity index (χ0n) is 42.2. The third-order valence-corrected chi connectivity index (χ3v) is 16.3. The van der Waals surface area contributed by atoms with Gasteiger partial charge in [0, 0.05) is 92.0 Å². The molecule has 410 valence electrons. The Bertz CT molecular complexity index is 3070. The third-order valence-electron chi connectivity index (χ3n) is 13.8. The van der Waals surface area contributed by atoms with Crippen molar-refractivity contribution >= 4 is 71.1 Å². The van der Waals surface area contributed by atoms with Crippen LogP contribution in [0.4, 0.5) is 11.4 Å². The topological polar surface area (TPSA) is 328 Å². The number of aromatic hydroxyl groups is 2. The smallest absolute Gasteiger partial charge is 0.333 e. The van der Waals surface area contributed by atoms with Crippen LogP contribution in [-0.2, 0) is 60.4 Å². The monoisotopic (exact) mass is 1100 g/mol. The minimum absolute atomic E-state index is 0.0113. The highest BCUT2D eigenvalue weighted by Gasteiger charge is 2.46. The van der Waals surface area contributed by atoms with Crippen molar-refractivity contribution in [3.05, 3.63) is 83.6 Å². The average Bonchev–Trinajstić information content (AvgIpc) is 3.84. The Morgan fingerprint density at radius 2 is 1.43 bits per heavy atom.